The summed E-state index contributed by atoms with van der Waals surface area (Å²) >= 11 is 0. The summed E-state index contributed by atoms with van der Waals surface area (Å²) < 4.78 is 12.0. The van der Waals surface area contributed by atoms with Crippen molar-refractivity contribution in [2.24, 2.45) is 5.92 Å². The molecule has 0 saturated carbocycles. The van der Waals surface area contributed by atoms with Crippen LogP contribution in [0.3, 0.4) is 0 Å². The third kappa shape index (κ3) is 4.39. The van der Waals surface area contributed by atoms with Gasteiger partial charge in [-0.1, -0.05) is 6.42 Å². The Morgan fingerprint density at radius 1 is 1.13 bits per heavy atom. The number of hydrogen-bond acceptors (Lipinski definition) is 6. The quantitative estimate of drug-likeness (QED) is 0.702. The zero-order valence-electron chi connectivity index (χ0n) is 18.7. The van der Waals surface area contributed by atoms with Crippen molar-refractivity contribution in [3.05, 3.63) is 28.8 Å². The number of nitrogens with zero attached hydrogens (tertiary/aromatic N) is 4. The monoisotopic (exact) mass is 428 g/mol. The Bertz CT molecular complexity index is 1000. The first-order chi connectivity index (χ1) is 15.0. The van der Waals surface area contributed by atoms with Crippen LogP contribution in [-0.2, 0) is 11.3 Å². The first-order valence-corrected chi connectivity index (χ1v) is 11.1. The van der Waals surface area contributed by atoms with Crippen molar-refractivity contribution in [1.82, 2.24) is 19.4 Å². The predicted molar refractivity (Wildman–Crippen MR) is 119 cm³/mol. The molecule has 2 fully saturated rings. The van der Waals surface area contributed by atoms with E-state index in [0.29, 0.717) is 34.4 Å². The minimum absolute atomic E-state index is 0.0201. The summed E-state index contributed by atoms with van der Waals surface area (Å²) in [6, 6.07) is 3.88. The number of hydrogen-bond donors (Lipinski definition) is 0. The van der Waals surface area contributed by atoms with Gasteiger partial charge in [-0.25, -0.2) is 4.98 Å². The fourth-order valence-electron chi connectivity index (χ4n) is 5.11. The van der Waals surface area contributed by atoms with Crippen molar-refractivity contribution in [3.63, 3.8) is 0 Å². The molecule has 2 atom stereocenters. The van der Waals surface area contributed by atoms with Gasteiger partial charge in [0.25, 0.3) is 5.56 Å². The Hall–Kier alpha value is -2.61. The normalized spacial score (nSPS) is 21.5. The molecule has 4 rings (SSSR count). The second-order valence-corrected chi connectivity index (χ2v) is 8.68. The number of carbonyl (C=O) groups excluding carboxylic acids is 1. The topological polar surface area (TPSA) is 76.9 Å². The van der Waals surface area contributed by atoms with E-state index in [1.165, 1.54) is 63.9 Å². The summed E-state index contributed by atoms with van der Waals surface area (Å²) in [6.45, 7) is 3.09. The molecule has 1 aromatic heterocycles. The Kier molecular flexibility index (Phi) is 6.46. The molecular weight excluding hydrogens is 396 g/mol. The molecule has 0 bridgehead atoms. The van der Waals surface area contributed by atoms with Gasteiger partial charge in [0.05, 0.1) is 31.4 Å². The minimum Gasteiger partial charge on any atom is -0.493 e. The van der Waals surface area contributed by atoms with Crippen LogP contribution in [0.4, 0.5) is 0 Å². The maximum absolute atomic E-state index is 13.0. The van der Waals surface area contributed by atoms with E-state index in [2.05, 4.69) is 9.88 Å². The second kappa shape index (κ2) is 9.26. The molecule has 2 aromatic rings. The number of methoxy groups -OCH3 is 2. The van der Waals surface area contributed by atoms with Gasteiger partial charge in [0, 0.05) is 25.7 Å². The number of likely N-dealkylation sites (N-methyl/N-ethyl adjacent to an activating group) is 1. The lowest BCUT2D eigenvalue weighted by atomic mass is 9.83. The maximum atomic E-state index is 13.0. The molecule has 0 N–H and O–H groups in total. The van der Waals surface area contributed by atoms with E-state index < -0.39 is 0 Å². The van der Waals surface area contributed by atoms with E-state index in [0.717, 1.165) is 13.0 Å². The first kappa shape index (κ1) is 21.6. The van der Waals surface area contributed by atoms with E-state index in [1.807, 2.05) is 7.05 Å². The van der Waals surface area contributed by atoms with Gasteiger partial charge in [0.2, 0.25) is 5.91 Å². The van der Waals surface area contributed by atoms with Crippen molar-refractivity contribution < 1.29 is 14.3 Å². The molecule has 8 nitrogen and oxygen atoms in total. The summed E-state index contributed by atoms with van der Waals surface area (Å²) in [4.78, 5) is 34.7. The van der Waals surface area contributed by atoms with E-state index >= 15 is 0 Å². The molecule has 2 unspecified atom stereocenters. The Labute approximate surface area is 182 Å². The molecule has 1 amide bonds. The Balaban J connectivity index is 1.48. The van der Waals surface area contributed by atoms with E-state index in [4.69, 9.17) is 9.47 Å². The molecule has 0 aliphatic carbocycles. The van der Waals surface area contributed by atoms with Crippen LogP contribution >= 0.6 is 0 Å². The molecule has 2 aliphatic heterocycles. The largest absolute Gasteiger partial charge is 0.493 e. The van der Waals surface area contributed by atoms with E-state index in [1.54, 1.807) is 17.0 Å². The number of ether oxygens (including phenoxy) is 2. The average Bonchev–Trinajstić information content (AvgIpc) is 2.80. The van der Waals surface area contributed by atoms with Gasteiger partial charge in [0.15, 0.2) is 11.5 Å². The lowest BCUT2D eigenvalue weighted by molar-refractivity contribution is -0.131. The van der Waals surface area contributed by atoms with Crippen LogP contribution < -0.4 is 15.0 Å². The van der Waals surface area contributed by atoms with Crippen molar-refractivity contribution >= 4 is 16.8 Å². The zero-order valence-corrected chi connectivity index (χ0v) is 18.7. The molecule has 0 spiro atoms. The van der Waals surface area contributed by atoms with E-state index in [9.17, 15) is 9.59 Å². The number of fused-ring (bicyclic) bond motifs is 2. The summed E-state index contributed by atoms with van der Waals surface area (Å²) in [7, 11) is 4.91. The van der Waals surface area contributed by atoms with Crippen LogP contribution in [0.15, 0.2) is 23.3 Å². The molecule has 0 radical (unpaired) electrons. The predicted octanol–water partition coefficient (Wildman–Crippen LogP) is 2.14. The van der Waals surface area contributed by atoms with Crippen LogP contribution in [0.5, 0.6) is 11.5 Å². The highest BCUT2D eigenvalue weighted by atomic mass is 16.5. The van der Waals surface area contributed by atoms with Crippen molar-refractivity contribution in [2.45, 2.75) is 44.7 Å². The summed E-state index contributed by atoms with van der Waals surface area (Å²) in [5, 5.41) is 0.403. The molecule has 3 heterocycles. The van der Waals surface area contributed by atoms with E-state index in [-0.39, 0.29) is 18.0 Å². The van der Waals surface area contributed by atoms with Gasteiger partial charge in [-0.15, -0.1) is 0 Å². The van der Waals surface area contributed by atoms with Crippen LogP contribution in [-0.4, -0.2) is 72.2 Å². The third-order valence-electron chi connectivity index (χ3n) is 6.80. The summed E-state index contributed by atoms with van der Waals surface area (Å²) in [6.07, 6.45) is 7.59. The fourth-order valence-corrected chi connectivity index (χ4v) is 5.11. The number of benzene rings is 1. The van der Waals surface area contributed by atoms with Crippen molar-refractivity contribution in [2.75, 3.05) is 40.9 Å². The third-order valence-corrected chi connectivity index (χ3v) is 6.80. The number of amides is 1. The Morgan fingerprint density at radius 2 is 1.87 bits per heavy atom. The lowest BCUT2D eigenvalue weighted by Gasteiger charge is -2.45. The molecule has 1 aromatic carbocycles. The highest BCUT2D eigenvalue weighted by molar-refractivity contribution is 5.82. The average molecular weight is 429 g/mol. The number of carbonyl (C=O) groups is 1. The van der Waals surface area contributed by atoms with Gasteiger partial charge in [-0.05, 0) is 50.8 Å². The smallest absolute Gasteiger partial charge is 0.261 e. The molecule has 168 valence electrons. The Morgan fingerprint density at radius 3 is 2.65 bits per heavy atom. The SMILES string of the molecule is COc1cc2ncn(CC(=O)N(C)CC3CCCN4CCCCC34)c(=O)c2cc1OC. The summed E-state index contributed by atoms with van der Waals surface area (Å²) in [5.74, 6) is 1.41. The van der Waals surface area contributed by atoms with Crippen LogP contribution in [0.25, 0.3) is 10.9 Å². The first-order valence-electron chi connectivity index (χ1n) is 11.1. The molecule has 31 heavy (non-hydrogen) atoms. The van der Waals surface area contributed by atoms with Crippen LogP contribution in [0.2, 0.25) is 0 Å². The fraction of sp³-hybridized carbons (Fsp3) is 0.609. The second-order valence-electron chi connectivity index (χ2n) is 8.68. The van der Waals surface area contributed by atoms with Crippen molar-refractivity contribution in [1.29, 1.82) is 0 Å². The van der Waals surface area contributed by atoms with Gasteiger partial charge >= 0.3 is 0 Å². The zero-order chi connectivity index (χ0) is 22.0. The number of rotatable bonds is 6. The number of piperidine rings is 2. The molecule has 8 heteroatoms. The lowest BCUT2D eigenvalue weighted by Crippen LogP contribution is -2.51. The standard InChI is InChI=1S/C23H32N4O4/c1-25(13-16-7-6-10-26-9-5-4-8-19(16)26)22(28)14-27-15-24-18-12-21(31-3)20(30-2)11-17(18)23(27)29/h11-12,15-16,19H,4-10,13-14H2,1-3H3. The molecule has 2 saturated heterocycles. The number of aromatic nitrogens is 2. The van der Waals surface area contributed by atoms with Gasteiger partial charge < -0.3 is 19.3 Å². The van der Waals surface area contributed by atoms with Gasteiger partial charge in [-0.3, -0.25) is 14.2 Å². The van der Waals surface area contributed by atoms with Crippen molar-refractivity contribution in [3.8, 4) is 11.5 Å². The highest BCUT2D eigenvalue weighted by Gasteiger charge is 2.34. The maximum Gasteiger partial charge on any atom is 0.261 e. The van der Waals surface area contributed by atoms with Gasteiger partial charge in [0.1, 0.15) is 6.54 Å². The summed E-state index contributed by atoms with van der Waals surface area (Å²) in [5.41, 5.74) is 0.253. The van der Waals surface area contributed by atoms with Crippen LogP contribution in [0, 0.1) is 5.92 Å². The van der Waals surface area contributed by atoms with Gasteiger partial charge in [-0.2, -0.15) is 0 Å². The highest BCUT2D eigenvalue weighted by Crippen LogP contribution is 2.31. The minimum atomic E-state index is -0.260. The molecular formula is C23H32N4O4. The molecule has 2 aliphatic rings. The van der Waals surface area contributed by atoms with Crippen LogP contribution in [0.1, 0.15) is 32.1 Å².